The number of rotatable bonds is 5. The van der Waals surface area contributed by atoms with Gasteiger partial charge >= 0.3 is 0 Å². The average molecular weight is 267 g/mol. The molecule has 1 aromatic carbocycles. The molecule has 2 N–H and O–H groups in total. The lowest BCUT2D eigenvalue weighted by Gasteiger charge is -2.14. The molecule has 90 valence electrons. The summed E-state index contributed by atoms with van der Waals surface area (Å²) in [6, 6.07) is 7.96. The number of halogens is 1. The summed E-state index contributed by atoms with van der Waals surface area (Å²) >= 11 is 7.84. The minimum Gasteiger partial charge on any atom is -0.330 e. The summed E-state index contributed by atoms with van der Waals surface area (Å²) in [7, 11) is 0. The van der Waals surface area contributed by atoms with E-state index in [1.165, 1.54) is 10.4 Å². The SMILES string of the molecule is NCC(Cc1cncs1)Cc1ccccc1Cl. The number of benzene rings is 1. The van der Waals surface area contributed by atoms with Crippen LogP contribution in [-0.2, 0) is 12.8 Å². The number of hydrogen-bond acceptors (Lipinski definition) is 3. The molecular formula is C13H15ClN2S. The van der Waals surface area contributed by atoms with Crippen molar-refractivity contribution >= 4 is 22.9 Å². The van der Waals surface area contributed by atoms with Crippen LogP contribution in [0.4, 0.5) is 0 Å². The van der Waals surface area contributed by atoms with Crippen molar-refractivity contribution in [1.29, 1.82) is 0 Å². The Hall–Kier alpha value is -0.900. The van der Waals surface area contributed by atoms with Crippen molar-refractivity contribution in [2.24, 2.45) is 11.7 Å². The van der Waals surface area contributed by atoms with Crippen molar-refractivity contribution < 1.29 is 0 Å². The normalized spacial score (nSPS) is 12.6. The number of hydrogen-bond donors (Lipinski definition) is 1. The molecule has 1 unspecified atom stereocenters. The van der Waals surface area contributed by atoms with E-state index in [1.54, 1.807) is 11.3 Å². The number of nitrogens with zero attached hydrogens (tertiary/aromatic N) is 1. The molecule has 0 aliphatic heterocycles. The van der Waals surface area contributed by atoms with Crippen molar-refractivity contribution in [2.75, 3.05) is 6.54 Å². The minimum absolute atomic E-state index is 0.426. The molecule has 17 heavy (non-hydrogen) atoms. The second kappa shape index (κ2) is 6.15. The largest absolute Gasteiger partial charge is 0.330 e. The highest BCUT2D eigenvalue weighted by Crippen LogP contribution is 2.21. The van der Waals surface area contributed by atoms with E-state index < -0.39 is 0 Å². The molecular weight excluding hydrogens is 252 g/mol. The Labute approximate surface area is 110 Å². The van der Waals surface area contributed by atoms with E-state index in [1.807, 2.05) is 29.9 Å². The molecule has 0 radical (unpaired) electrons. The Morgan fingerprint density at radius 3 is 2.76 bits per heavy atom. The molecule has 2 nitrogen and oxygen atoms in total. The maximum atomic E-state index is 6.16. The van der Waals surface area contributed by atoms with Crippen LogP contribution < -0.4 is 5.73 Å². The Bertz CT molecular complexity index is 456. The van der Waals surface area contributed by atoms with Gasteiger partial charge in [-0.2, -0.15) is 0 Å². The molecule has 1 atom stereocenters. The highest BCUT2D eigenvalue weighted by Gasteiger charge is 2.11. The lowest BCUT2D eigenvalue weighted by Crippen LogP contribution is -2.19. The van der Waals surface area contributed by atoms with E-state index in [-0.39, 0.29) is 0 Å². The fraction of sp³-hybridized carbons (Fsp3) is 0.308. The zero-order valence-corrected chi connectivity index (χ0v) is 11.0. The second-order valence-electron chi connectivity index (χ2n) is 4.07. The Kier molecular flexibility index (Phi) is 4.54. The van der Waals surface area contributed by atoms with Crippen LogP contribution >= 0.6 is 22.9 Å². The molecule has 2 aromatic rings. The summed E-state index contributed by atoms with van der Waals surface area (Å²) in [5.74, 6) is 0.426. The summed E-state index contributed by atoms with van der Waals surface area (Å²) < 4.78 is 0. The molecule has 0 fully saturated rings. The quantitative estimate of drug-likeness (QED) is 0.903. The molecule has 1 aromatic heterocycles. The molecule has 0 amide bonds. The number of aromatic nitrogens is 1. The molecule has 1 heterocycles. The van der Waals surface area contributed by atoms with Crippen molar-refractivity contribution in [3.63, 3.8) is 0 Å². The minimum atomic E-state index is 0.426. The van der Waals surface area contributed by atoms with Crippen LogP contribution in [0.25, 0.3) is 0 Å². The van der Waals surface area contributed by atoms with E-state index >= 15 is 0 Å². The number of nitrogens with two attached hydrogens (primary N) is 1. The maximum absolute atomic E-state index is 6.16. The molecule has 0 saturated carbocycles. The Morgan fingerprint density at radius 1 is 1.29 bits per heavy atom. The fourth-order valence-electron chi connectivity index (χ4n) is 1.84. The predicted molar refractivity (Wildman–Crippen MR) is 73.5 cm³/mol. The Morgan fingerprint density at radius 2 is 2.12 bits per heavy atom. The van der Waals surface area contributed by atoms with E-state index in [9.17, 15) is 0 Å². The smallest absolute Gasteiger partial charge is 0.0794 e. The van der Waals surface area contributed by atoms with Crippen LogP contribution in [0.5, 0.6) is 0 Å². The van der Waals surface area contributed by atoms with Crippen LogP contribution in [0.2, 0.25) is 5.02 Å². The van der Waals surface area contributed by atoms with Crippen molar-refractivity contribution in [3.05, 3.63) is 51.4 Å². The van der Waals surface area contributed by atoms with Crippen LogP contribution in [0.1, 0.15) is 10.4 Å². The van der Waals surface area contributed by atoms with Gasteiger partial charge in [0, 0.05) is 16.1 Å². The highest BCUT2D eigenvalue weighted by molar-refractivity contribution is 7.09. The molecule has 0 aliphatic carbocycles. The molecule has 2 rings (SSSR count). The van der Waals surface area contributed by atoms with Crippen molar-refractivity contribution in [3.8, 4) is 0 Å². The zero-order valence-electron chi connectivity index (χ0n) is 9.47. The van der Waals surface area contributed by atoms with Gasteiger partial charge in [0.2, 0.25) is 0 Å². The third-order valence-electron chi connectivity index (χ3n) is 2.77. The van der Waals surface area contributed by atoms with Gasteiger partial charge < -0.3 is 5.73 Å². The van der Waals surface area contributed by atoms with Crippen molar-refractivity contribution in [1.82, 2.24) is 4.98 Å². The molecule has 0 aliphatic rings. The highest BCUT2D eigenvalue weighted by atomic mass is 35.5. The molecule has 0 bridgehead atoms. The summed E-state index contributed by atoms with van der Waals surface area (Å²) in [4.78, 5) is 5.37. The predicted octanol–water partition coefficient (Wildman–Crippen LogP) is 3.16. The number of thiazole rings is 1. The summed E-state index contributed by atoms with van der Waals surface area (Å²) in [6.45, 7) is 0.670. The monoisotopic (exact) mass is 266 g/mol. The van der Waals surface area contributed by atoms with Crippen LogP contribution in [0.15, 0.2) is 36.0 Å². The first-order valence-corrected chi connectivity index (χ1v) is 6.86. The summed E-state index contributed by atoms with van der Waals surface area (Å²) in [5, 5.41) is 0.829. The molecule has 0 spiro atoms. The van der Waals surface area contributed by atoms with Gasteiger partial charge in [-0.05, 0) is 36.9 Å². The summed E-state index contributed by atoms with van der Waals surface area (Å²) in [5.41, 5.74) is 8.86. The van der Waals surface area contributed by atoms with Gasteiger partial charge in [-0.15, -0.1) is 11.3 Å². The van der Waals surface area contributed by atoms with Crippen LogP contribution in [0.3, 0.4) is 0 Å². The van der Waals surface area contributed by atoms with E-state index in [0.29, 0.717) is 12.5 Å². The van der Waals surface area contributed by atoms with Gasteiger partial charge in [-0.25, -0.2) is 0 Å². The molecule has 0 saturated heterocycles. The van der Waals surface area contributed by atoms with Gasteiger partial charge in [0.15, 0.2) is 0 Å². The average Bonchev–Trinajstić information content (AvgIpc) is 2.84. The standard InChI is InChI=1S/C13H15ClN2S/c14-13-4-2-1-3-11(13)5-10(7-15)6-12-8-16-9-17-12/h1-4,8-10H,5-7,15H2. The van der Waals surface area contributed by atoms with Gasteiger partial charge in [0.1, 0.15) is 0 Å². The van der Waals surface area contributed by atoms with E-state index in [0.717, 1.165) is 17.9 Å². The fourth-order valence-corrected chi connectivity index (χ4v) is 2.76. The first-order valence-electron chi connectivity index (χ1n) is 5.60. The lowest BCUT2D eigenvalue weighted by molar-refractivity contribution is 0.537. The third-order valence-corrected chi connectivity index (χ3v) is 3.94. The first-order chi connectivity index (χ1) is 8.29. The zero-order chi connectivity index (χ0) is 12.1. The third kappa shape index (κ3) is 3.53. The van der Waals surface area contributed by atoms with E-state index in [4.69, 9.17) is 17.3 Å². The van der Waals surface area contributed by atoms with E-state index in [2.05, 4.69) is 11.1 Å². The van der Waals surface area contributed by atoms with Gasteiger partial charge in [0.25, 0.3) is 0 Å². The molecule has 4 heteroatoms. The van der Waals surface area contributed by atoms with Crippen LogP contribution in [-0.4, -0.2) is 11.5 Å². The topological polar surface area (TPSA) is 38.9 Å². The van der Waals surface area contributed by atoms with Crippen LogP contribution in [0, 0.1) is 5.92 Å². The summed E-state index contributed by atoms with van der Waals surface area (Å²) in [6.07, 6.45) is 3.82. The second-order valence-corrected chi connectivity index (χ2v) is 5.45. The van der Waals surface area contributed by atoms with Gasteiger partial charge in [0.05, 0.1) is 5.51 Å². The first kappa shape index (κ1) is 12.6. The van der Waals surface area contributed by atoms with Crippen molar-refractivity contribution in [2.45, 2.75) is 12.8 Å². The van der Waals surface area contributed by atoms with Gasteiger partial charge in [-0.3, -0.25) is 4.98 Å². The lowest BCUT2D eigenvalue weighted by atomic mass is 9.96. The Balaban J connectivity index is 2.03. The maximum Gasteiger partial charge on any atom is 0.0794 e. The van der Waals surface area contributed by atoms with Gasteiger partial charge in [-0.1, -0.05) is 29.8 Å².